The number of hydrogen-bond acceptors (Lipinski definition) is 6. The summed E-state index contributed by atoms with van der Waals surface area (Å²) >= 11 is 0. The fourth-order valence-electron chi connectivity index (χ4n) is 7.62. The first kappa shape index (κ1) is 28.6. The Kier molecular flexibility index (Phi) is 6.83. The van der Waals surface area contributed by atoms with Crippen molar-refractivity contribution in [2.45, 2.75) is 72.1 Å². The van der Waals surface area contributed by atoms with Crippen molar-refractivity contribution < 1.29 is 23.5 Å². The van der Waals surface area contributed by atoms with E-state index in [1.807, 2.05) is 0 Å². The number of ether oxygens (including phenoxy) is 4. The van der Waals surface area contributed by atoms with Crippen LogP contribution >= 0.6 is 0 Å². The third kappa shape index (κ3) is 4.26. The maximum atomic E-state index is 5.73. The van der Waals surface area contributed by atoms with E-state index in [-0.39, 0.29) is 10.8 Å². The number of anilines is 1. The van der Waals surface area contributed by atoms with E-state index in [2.05, 4.69) is 112 Å². The smallest absolute Gasteiger partial charge is 0.231 e. The molecule has 7 nitrogen and oxygen atoms in total. The van der Waals surface area contributed by atoms with Crippen LogP contribution in [0.2, 0.25) is 0 Å². The molecule has 0 unspecified atom stereocenters. The fraction of sp³-hybridized carbons (Fsp3) is 0.432. The molecule has 2 aromatic rings. The molecule has 0 aromatic heterocycles. The van der Waals surface area contributed by atoms with Gasteiger partial charge in [0.25, 0.3) is 0 Å². The van der Waals surface area contributed by atoms with Crippen molar-refractivity contribution in [3.63, 3.8) is 0 Å². The summed E-state index contributed by atoms with van der Waals surface area (Å²) in [5.74, 6) is 3.36. The lowest BCUT2D eigenvalue weighted by atomic mass is 9.81. The predicted octanol–water partition coefficient (Wildman–Crippen LogP) is 7.38. The molecule has 7 heteroatoms. The Labute approximate surface area is 261 Å². The van der Waals surface area contributed by atoms with E-state index in [4.69, 9.17) is 18.9 Å². The highest BCUT2D eigenvalue weighted by Gasteiger charge is 2.45. The van der Waals surface area contributed by atoms with E-state index >= 15 is 0 Å². The zero-order chi connectivity index (χ0) is 30.8. The second-order valence-electron chi connectivity index (χ2n) is 13.1. The number of benzene rings is 2. The SMILES string of the molecule is CCNC1=C(/C=C/C2=[N+](CC)c3cc4c(cc3C2(C)C)OCO4)CC/C1=C\C=C1/N(CC)c2cc3c(cc2C1(C)C)OCO3. The van der Waals surface area contributed by atoms with Crippen LogP contribution in [0.1, 0.15) is 72.4 Å². The normalized spacial score (nSPS) is 22.3. The summed E-state index contributed by atoms with van der Waals surface area (Å²) in [6.07, 6.45) is 11.4. The van der Waals surface area contributed by atoms with Crippen LogP contribution in [-0.2, 0) is 10.8 Å². The van der Waals surface area contributed by atoms with Gasteiger partial charge < -0.3 is 29.2 Å². The Morgan fingerprint density at radius 3 is 2.11 bits per heavy atom. The lowest BCUT2D eigenvalue weighted by Crippen LogP contribution is -2.27. The first-order valence-electron chi connectivity index (χ1n) is 16.1. The zero-order valence-electron chi connectivity index (χ0n) is 27.1. The Balaban J connectivity index is 1.22. The molecule has 1 N–H and O–H groups in total. The van der Waals surface area contributed by atoms with Crippen molar-refractivity contribution in [1.82, 2.24) is 5.32 Å². The summed E-state index contributed by atoms with van der Waals surface area (Å²) < 4.78 is 25.3. The Morgan fingerprint density at radius 2 is 1.45 bits per heavy atom. The molecule has 0 amide bonds. The first-order valence-corrected chi connectivity index (χ1v) is 16.1. The van der Waals surface area contributed by atoms with Crippen molar-refractivity contribution in [3.05, 3.63) is 82.2 Å². The van der Waals surface area contributed by atoms with Crippen LogP contribution in [0.3, 0.4) is 0 Å². The number of rotatable bonds is 7. The van der Waals surface area contributed by atoms with E-state index in [1.54, 1.807) is 0 Å². The number of fused-ring (bicyclic) bond motifs is 4. The van der Waals surface area contributed by atoms with E-state index in [9.17, 15) is 0 Å². The summed E-state index contributed by atoms with van der Waals surface area (Å²) in [5.41, 5.74) is 11.3. The molecular weight excluding hydrogens is 550 g/mol. The average molecular weight is 595 g/mol. The van der Waals surface area contributed by atoms with Crippen molar-refractivity contribution in [2.24, 2.45) is 0 Å². The highest BCUT2D eigenvalue weighted by molar-refractivity contribution is 6.03. The van der Waals surface area contributed by atoms with Gasteiger partial charge in [0.2, 0.25) is 19.3 Å². The summed E-state index contributed by atoms with van der Waals surface area (Å²) in [6.45, 7) is 19.1. The Hall–Kier alpha value is -4.13. The monoisotopic (exact) mass is 594 g/mol. The second-order valence-corrected chi connectivity index (χ2v) is 13.1. The van der Waals surface area contributed by atoms with E-state index < -0.39 is 0 Å². The molecule has 0 radical (unpaired) electrons. The van der Waals surface area contributed by atoms with Gasteiger partial charge in [-0.3, -0.25) is 0 Å². The average Bonchev–Trinajstić information content (AvgIpc) is 3.80. The summed E-state index contributed by atoms with van der Waals surface area (Å²) in [6, 6.07) is 8.63. The Morgan fingerprint density at radius 1 is 0.795 bits per heavy atom. The molecule has 1 aliphatic carbocycles. The number of allylic oxidation sites excluding steroid dienone is 7. The molecule has 7 rings (SSSR count). The van der Waals surface area contributed by atoms with Crippen molar-refractivity contribution >= 4 is 17.1 Å². The second kappa shape index (κ2) is 10.5. The topological polar surface area (TPSA) is 55.2 Å². The van der Waals surface area contributed by atoms with Crippen LogP contribution in [0.25, 0.3) is 0 Å². The van der Waals surface area contributed by atoms with Crippen LogP contribution in [0.15, 0.2) is 71.1 Å². The van der Waals surface area contributed by atoms with Gasteiger partial charge in [0, 0.05) is 53.3 Å². The third-order valence-electron chi connectivity index (χ3n) is 9.95. The predicted molar refractivity (Wildman–Crippen MR) is 175 cm³/mol. The lowest BCUT2D eigenvalue weighted by Gasteiger charge is -2.26. The highest BCUT2D eigenvalue weighted by Crippen LogP contribution is 2.52. The molecule has 4 aliphatic heterocycles. The van der Waals surface area contributed by atoms with Crippen LogP contribution in [0.4, 0.5) is 11.4 Å². The maximum Gasteiger partial charge on any atom is 0.231 e. The molecule has 5 aliphatic rings. The molecule has 0 saturated carbocycles. The molecule has 0 spiro atoms. The standard InChI is InChI=1S/C37H43N3O4/c1-8-38-35-23(13-15-33-36(4,5)25-17-29-31(43-21-41-29)19-27(25)39(33)9-2)11-12-24(35)14-16-34-37(6,7)26-18-30-32(44-22-42-30)20-28(26)40(34)10-3/h13-20H,8-12,21-22H2,1-7H3/p+1/b23-13+,33-15-. The number of likely N-dealkylation sites (N-methyl/N-ethyl adjacent to an activating group) is 2. The molecule has 0 atom stereocenters. The van der Waals surface area contributed by atoms with Gasteiger partial charge in [-0.25, -0.2) is 0 Å². The van der Waals surface area contributed by atoms with Gasteiger partial charge in [0.15, 0.2) is 28.7 Å². The number of nitrogens with zero attached hydrogens (tertiary/aromatic N) is 2. The zero-order valence-corrected chi connectivity index (χ0v) is 27.1. The molecule has 44 heavy (non-hydrogen) atoms. The third-order valence-corrected chi connectivity index (χ3v) is 9.95. The summed E-state index contributed by atoms with van der Waals surface area (Å²) in [5, 5.41) is 3.71. The molecule has 4 heterocycles. The van der Waals surface area contributed by atoms with Crippen molar-refractivity contribution in [2.75, 3.05) is 38.1 Å². The molecule has 2 aromatic carbocycles. The van der Waals surface area contributed by atoms with Crippen molar-refractivity contribution in [1.29, 1.82) is 0 Å². The van der Waals surface area contributed by atoms with Gasteiger partial charge in [-0.2, -0.15) is 4.58 Å². The van der Waals surface area contributed by atoms with Crippen LogP contribution in [-0.4, -0.2) is 43.5 Å². The van der Waals surface area contributed by atoms with E-state index in [0.717, 1.165) is 55.5 Å². The molecule has 0 fully saturated rings. The van der Waals surface area contributed by atoms with Crippen molar-refractivity contribution in [3.8, 4) is 23.0 Å². The molecule has 0 saturated heterocycles. The van der Waals surface area contributed by atoms with Gasteiger partial charge in [-0.1, -0.05) is 26.0 Å². The van der Waals surface area contributed by atoms with Gasteiger partial charge in [-0.05, 0) is 82.4 Å². The van der Waals surface area contributed by atoms with Gasteiger partial charge in [0.1, 0.15) is 6.54 Å². The van der Waals surface area contributed by atoms with Crippen LogP contribution in [0, 0.1) is 0 Å². The molecular formula is C37H44N3O4+. The quantitative estimate of drug-likeness (QED) is 0.338. The van der Waals surface area contributed by atoms with Gasteiger partial charge >= 0.3 is 0 Å². The number of hydrogen-bond donors (Lipinski definition) is 1. The first-order chi connectivity index (χ1) is 21.2. The molecule has 0 bridgehead atoms. The van der Waals surface area contributed by atoms with E-state index in [0.29, 0.717) is 13.6 Å². The minimum atomic E-state index is -0.146. The summed E-state index contributed by atoms with van der Waals surface area (Å²) in [4.78, 5) is 2.42. The van der Waals surface area contributed by atoms with Gasteiger partial charge in [-0.15, -0.1) is 0 Å². The maximum absolute atomic E-state index is 5.73. The largest absolute Gasteiger partial charge is 0.454 e. The van der Waals surface area contributed by atoms with Crippen LogP contribution < -0.4 is 29.2 Å². The number of nitrogens with one attached hydrogen (secondary N) is 1. The van der Waals surface area contributed by atoms with Gasteiger partial charge in [0.05, 0.1) is 11.5 Å². The van der Waals surface area contributed by atoms with Crippen LogP contribution in [0.5, 0.6) is 23.0 Å². The minimum absolute atomic E-state index is 0.146. The fourth-order valence-corrected chi connectivity index (χ4v) is 7.62. The highest BCUT2D eigenvalue weighted by atomic mass is 16.7. The Bertz CT molecular complexity index is 1710. The molecule has 230 valence electrons. The lowest BCUT2D eigenvalue weighted by molar-refractivity contribution is -0.433. The van der Waals surface area contributed by atoms with E-state index in [1.165, 1.54) is 50.8 Å². The summed E-state index contributed by atoms with van der Waals surface area (Å²) in [7, 11) is 0. The minimum Gasteiger partial charge on any atom is -0.454 e.